The summed E-state index contributed by atoms with van der Waals surface area (Å²) in [6, 6.07) is -3.32. The number of hydrogen-bond acceptors (Lipinski definition) is 8. The van der Waals surface area contributed by atoms with Gasteiger partial charge in [0, 0.05) is 32.1 Å². The molecule has 1 heterocycles. The Morgan fingerprint density at radius 1 is 0.979 bits per heavy atom. The minimum atomic E-state index is -3.86. The molecule has 0 radical (unpaired) electrons. The molecule has 2 aliphatic carbocycles. The van der Waals surface area contributed by atoms with Crippen molar-refractivity contribution in [2.75, 3.05) is 26.4 Å². The van der Waals surface area contributed by atoms with Crippen LogP contribution in [0.2, 0.25) is 0 Å². The molecule has 16 heteroatoms. The summed E-state index contributed by atoms with van der Waals surface area (Å²) in [6.07, 6.45) is 4.22. The molecule has 48 heavy (non-hydrogen) atoms. The fraction of sp³-hybridized carbons (Fsp3) is 0.812. The number of hydrogen-bond donors (Lipinski definition) is 4. The van der Waals surface area contributed by atoms with Crippen molar-refractivity contribution in [2.24, 2.45) is 28.6 Å². The molecular weight excluding hydrogens is 661 g/mol. The van der Waals surface area contributed by atoms with Crippen LogP contribution in [0.5, 0.6) is 0 Å². The second kappa shape index (κ2) is 13.9. The highest BCUT2D eigenvalue weighted by Gasteiger charge is 2.62. The maximum Gasteiger partial charge on any atom is 0.315 e. The van der Waals surface area contributed by atoms with E-state index in [0.29, 0.717) is 19.3 Å². The number of carbonyl (C=O) groups is 4. The molecule has 274 valence electrons. The molecule has 3 unspecified atom stereocenters. The zero-order valence-electron chi connectivity index (χ0n) is 30.0. The van der Waals surface area contributed by atoms with Gasteiger partial charge >= 0.3 is 6.03 Å². The highest BCUT2D eigenvalue weighted by atomic mass is 32.2. The maximum absolute atomic E-state index is 14.3. The number of nitrogens with zero attached hydrogens (tertiary/aromatic N) is 2. The van der Waals surface area contributed by atoms with Crippen LogP contribution in [0.3, 0.4) is 0 Å². The van der Waals surface area contributed by atoms with E-state index >= 15 is 0 Å². The van der Waals surface area contributed by atoms with Gasteiger partial charge in [-0.05, 0) is 48.3 Å². The third-order valence-corrected chi connectivity index (χ3v) is 12.9. The van der Waals surface area contributed by atoms with E-state index in [1.165, 1.54) is 18.0 Å². The van der Waals surface area contributed by atoms with Crippen molar-refractivity contribution in [1.29, 1.82) is 0 Å². The third kappa shape index (κ3) is 9.09. The summed E-state index contributed by atoms with van der Waals surface area (Å²) in [6.45, 7) is 18.9. The molecule has 2 saturated carbocycles. The van der Waals surface area contributed by atoms with Gasteiger partial charge in [0.15, 0.2) is 0 Å². The highest BCUT2D eigenvalue weighted by molar-refractivity contribution is 7.91. The first kappa shape index (κ1) is 39.7. The Morgan fingerprint density at radius 2 is 1.56 bits per heavy atom. The van der Waals surface area contributed by atoms with E-state index in [1.807, 2.05) is 34.6 Å². The van der Waals surface area contributed by atoms with Crippen LogP contribution in [-0.2, 0) is 34.4 Å². The van der Waals surface area contributed by atoms with Crippen molar-refractivity contribution in [2.45, 2.75) is 110 Å². The SMILES string of the molecule is C=C[C@@H]1C[C@]1(NC(=O)[C@@H]1C(C(C)C)CCN1C(=O)C(NC(=O)NC(CN(C)S(C)(=O)=O)C(C)(C)C)C(C)(C)C)C(=O)NS(=O)(=O)C1CC1. The third-order valence-electron chi connectivity index (χ3n) is 9.85. The summed E-state index contributed by atoms with van der Waals surface area (Å²) in [5, 5.41) is 7.85. The lowest BCUT2D eigenvalue weighted by atomic mass is 9.84. The van der Waals surface area contributed by atoms with Crippen LogP contribution in [-0.4, -0.2) is 105 Å². The van der Waals surface area contributed by atoms with Gasteiger partial charge in [0.1, 0.15) is 17.6 Å². The van der Waals surface area contributed by atoms with Crippen LogP contribution in [0.15, 0.2) is 12.7 Å². The lowest BCUT2D eigenvalue weighted by Gasteiger charge is -2.38. The van der Waals surface area contributed by atoms with E-state index in [1.54, 1.807) is 20.8 Å². The zero-order chi connectivity index (χ0) is 36.8. The van der Waals surface area contributed by atoms with E-state index in [2.05, 4.69) is 27.3 Å². The molecule has 1 saturated heterocycles. The first-order valence-electron chi connectivity index (χ1n) is 16.6. The highest BCUT2D eigenvalue weighted by Crippen LogP contribution is 2.46. The molecule has 5 amide bonds. The monoisotopic (exact) mass is 716 g/mol. The number of carbonyl (C=O) groups excluding carboxylic acids is 4. The van der Waals surface area contributed by atoms with Crippen LogP contribution in [0, 0.1) is 28.6 Å². The number of amides is 5. The van der Waals surface area contributed by atoms with E-state index in [-0.39, 0.29) is 31.3 Å². The second-order valence-electron chi connectivity index (χ2n) is 16.2. The predicted octanol–water partition coefficient (Wildman–Crippen LogP) is 1.55. The molecule has 3 aliphatic rings. The molecule has 3 rings (SSSR count). The fourth-order valence-corrected chi connectivity index (χ4v) is 7.96. The molecule has 3 fully saturated rings. The first-order valence-corrected chi connectivity index (χ1v) is 19.9. The van der Waals surface area contributed by atoms with Gasteiger partial charge < -0.3 is 20.9 Å². The summed E-state index contributed by atoms with van der Waals surface area (Å²) in [5.74, 6) is -2.63. The van der Waals surface area contributed by atoms with Crippen LogP contribution >= 0.6 is 0 Å². The molecule has 0 aromatic heterocycles. The van der Waals surface area contributed by atoms with E-state index in [0.717, 1.165) is 10.6 Å². The first-order chi connectivity index (χ1) is 21.8. The summed E-state index contributed by atoms with van der Waals surface area (Å²) in [7, 11) is -5.95. The van der Waals surface area contributed by atoms with Gasteiger partial charge in [0.05, 0.1) is 11.5 Å². The van der Waals surface area contributed by atoms with Gasteiger partial charge in [0.2, 0.25) is 31.9 Å². The topological polar surface area (TPSA) is 191 Å². The predicted molar refractivity (Wildman–Crippen MR) is 183 cm³/mol. The molecule has 0 spiro atoms. The average Bonchev–Trinajstić information content (AvgIpc) is 3.85. The molecule has 14 nitrogen and oxygen atoms in total. The summed E-state index contributed by atoms with van der Waals surface area (Å²) >= 11 is 0. The van der Waals surface area contributed by atoms with Crippen LogP contribution in [0.1, 0.15) is 81.1 Å². The minimum Gasteiger partial charge on any atom is -0.339 e. The van der Waals surface area contributed by atoms with Gasteiger partial charge in [-0.3, -0.25) is 19.1 Å². The maximum atomic E-state index is 14.3. The average molecular weight is 717 g/mol. The van der Waals surface area contributed by atoms with Gasteiger partial charge in [-0.15, -0.1) is 6.58 Å². The van der Waals surface area contributed by atoms with Crippen molar-refractivity contribution in [3.63, 3.8) is 0 Å². The number of urea groups is 1. The smallest absolute Gasteiger partial charge is 0.315 e. The Bertz CT molecular complexity index is 1500. The van der Waals surface area contributed by atoms with Crippen LogP contribution in [0.4, 0.5) is 4.79 Å². The minimum absolute atomic E-state index is 0.0112. The lowest BCUT2D eigenvalue weighted by molar-refractivity contribution is -0.144. The Kier molecular flexibility index (Phi) is 11.5. The van der Waals surface area contributed by atoms with Gasteiger partial charge in [-0.25, -0.2) is 25.9 Å². The Labute approximate surface area is 286 Å². The Morgan fingerprint density at radius 3 is 2.00 bits per heavy atom. The standard InChI is InChI=1S/C32H56N6O8S2/c1-12-20-17-32(20,28(41)36-48(45,46)21-13-14-21)35-26(39)24-22(19(2)3)15-16-38(24)27(40)25(31(7,8)9)34-29(42)33-23(30(4,5)6)18-37(10)47(11,43)44/h12,19-25H,1,13-18H2,2-11H3,(H,35,39)(H,36,41)(H2,33,34,42)/t20-,22?,23?,24+,25?,32-/m1/s1. The van der Waals surface area contributed by atoms with E-state index in [4.69, 9.17) is 0 Å². The number of likely N-dealkylation sites (N-methyl/N-ethyl adjacent to an activating group) is 1. The lowest BCUT2D eigenvalue weighted by Crippen LogP contribution is -2.63. The molecule has 0 aromatic rings. The van der Waals surface area contributed by atoms with E-state index in [9.17, 15) is 36.0 Å². The Hall–Kier alpha value is -2.72. The fourth-order valence-electron chi connectivity index (χ4n) is 6.18. The Balaban J connectivity index is 1.86. The number of rotatable bonds is 13. The quantitative estimate of drug-likeness (QED) is 0.207. The summed E-state index contributed by atoms with van der Waals surface area (Å²) in [4.78, 5) is 56.7. The number of likely N-dealkylation sites (tertiary alicyclic amines) is 1. The molecular formula is C32H56N6O8S2. The molecule has 1 aliphatic heterocycles. The van der Waals surface area contributed by atoms with Crippen molar-refractivity contribution in [3.8, 4) is 0 Å². The van der Waals surface area contributed by atoms with Crippen molar-refractivity contribution in [3.05, 3.63) is 12.7 Å². The zero-order valence-corrected chi connectivity index (χ0v) is 31.7. The van der Waals surface area contributed by atoms with Crippen molar-refractivity contribution < 1.29 is 36.0 Å². The molecule has 0 bridgehead atoms. The normalized spacial score (nSPS) is 26.1. The van der Waals surface area contributed by atoms with Crippen molar-refractivity contribution >= 4 is 43.8 Å². The van der Waals surface area contributed by atoms with Gasteiger partial charge in [-0.1, -0.05) is 61.5 Å². The summed E-state index contributed by atoms with van der Waals surface area (Å²) < 4.78 is 52.7. The van der Waals surface area contributed by atoms with Crippen LogP contribution in [0.25, 0.3) is 0 Å². The molecule has 0 aromatic carbocycles. The van der Waals surface area contributed by atoms with Crippen molar-refractivity contribution in [1.82, 2.24) is 29.9 Å². The van der Waals surface area contributed by atoms with Gasteiger partial charge in [0.25, 0.3) is 5.91 Å². The second-order valence-corrected chi connectivity index (χ2v) is 20.3. The molecule has 6 atom stereocenters. The van der Waals surface area contributed by atoms with Crippen LogP contribution < -0.4 is 20.7 Å². The van der Waals surface area contributed by atoms with E-state index < -0.39 is 89.5 Å². The van der Waals surface area contributed by atoms with Gasteiger partial charge in [-0.2, -0.15) is 0 Å². The molecule has 4 N–H and O–H groups in total. The number of nitrogens with one attached hydrogen (secondary N) is 4. The summed E-state index contributed by atoms with van der Waals surface area (Å²) in [5.41, 5.74) is -2.83. The largest absolute Gasteiger partial charge is 0.339 e. The number of sulfonamides is 2.